The minimum atomic E-state index is -0.753. The van der Waals surface area contributed by atoms with Gasteiger partial charge in [0, 0.05) is 48.3 Å². The Balaban J connectivity index is 1.34. The van der Waals surface area contributed by atoms with Crippen molar-refractivity contribution in [2.24, 2.45) is 0 Å². The number of aromatic amines is 1. The number of hydrogen-bond donors (Lipinski definition) is 4. The van der Waals surface area contributed by atoms with E-state index in [-0.39, 0.29) is 17.9 Å². The van der Waals surface area contributed by atoms with Crippen molar-refractivity contribution in [3.63, 3.8) is 0 Å². The molecule has 4 N–H and O–H groups in total. The minimum absolute atomic E-state index is 0.197. The van der Waals surface area contributed by atoms with Crippen LogP contribution in [-0.4, -0.2) is 48.0 Å². The molecule has 0 radical (unpaired) electrons. The SMILES string of the molecule is CNCc1cccc(NC(=O)[C@H](NC(=O)N2CCC(c3ccccc3)CC2)[C@@H](C)c2c[nH]c3ccccc23)c1. The molecule has 2 atom stereocenters. The number of hydrogen-bond acceptors (Lipinski definition) is 3. The standard InChI is InChI=1S/C32H37N5O2/c1-22(28-21-34-29-14-7-6-13-27(28)29)30(31(38)35-26-12-8-9-23(19-26)20-33-2)36-32(39)37-17-15-25(16-18-37)24-10-4-3-5-11-24/h3-14,19,21-22,25,30,33-34H,15-18,20H2,1-2H3,(H,35,38)(H,36,39)/t22-,30+/m0/s1. The van der Waals surface area contributed by atoms with Gasteiger partial charge in [0.1, 0.15) is 6.04 Å². The van der Waals surface area contributed by atoms with Crippen LogP contribution in [0.4, 0.5) is 10.5 Å². The number of aromatic nitrogens is 1. The molecular formula is C32H37N5O2. The van der Waals surface area contributed by atoms with Crippen LogP contribution >= 0.6 is 0 Å². The van der Waals surface area contributed by atoms with Crippen LogP contribution in [0.2, 0.25) is 0 Å². The third-order valence-corrected chi connectivity index (χ3v) is 7.80. The molecular weight excluding hydrogens is 486 g/mol. The molecule has 1 aromatic heterocycles. The van der Waals surface area contributed by atoms with Gasteiger partial charge in [0.25, 0.3) is 0 Å². The summed E-state index contributed by atoms with van der Waals surface area (Å²) in [5.74, 6) is -0.0428. The zero-order valence-corrected chi connectivity index (χ0v) is 22.6. The first-order valence-electron chi connectivity index (χ1n) is 13.7. The summed E-state index contributed by atoms with van der Waals surface area (Å²) in [5, 5.41) is 10.4. The number of amides is 3. The predicted molar refractivity (Wildman–Crippen MR) is 157 cm³/mol. The number of rotatable bonds is 8. The van der Waals surface area contributed by atoms with E-state index in [0.717, 1.165) is 34.9 Å². The molecule has 3 amide bonds. The number of nitrogens with zero attached hydrogens (tertiary/aromatic N) is 1. The molecule has 1 aliphatic rings. The van der Waals surface area contributed by atoms with Gasteiger partial charge in [-0.2, -0.15) is 0 Å². The number of H-pyrrole nitrogens is 1. The molecule has 1 fully saturated rings. The van der Waals surface area contributed by atoms with Gasteiger partial charge in [-0.05, 0) is 60.7 Å². The van der Waals surface area contributed by atoms with Crippen molar-refractivity contribution in [1.82, 2.24) is 20.5 Å². The van der Waals surface area contributed by atoms with Gasteiger partial charge in [-0.15, -0.1) is 0 Å². The summed E-state index contributed by atoms with van der Waals surface area (Å²) in [7, 11) is 1.89. The first-order valence-corrected chi connectivity index (χ1v) is 13.7. The quantitative estimate of drug-likeness (QED) is 0.243. The number of carbonyl (C=O) groups is 2. The molecule has 0 saturated carbocycles. The molecule has 39 heavy (non-hydrogen) atoms. The van der Waals surface area contributed by atoms with E-state index in [1.807, 2.05) is 79.7 Å². The number of likely N-dealkylation sites (tertiary alicyclic amines) is 1. The molecule has 3 aromatic carbocycles. The number of urea groups is 1. The lowest BCUT2D eigenvalue weighted by molar-refractivity contribution is -0.118. The maximum atomic E-state index is 13.7. The van der Waals surface area contributed by atoms with E-state index in [1.165, 1.54) is 5.56 Å². The Kier molecular flexibility index (Phi) is 8.27. The molecule has 7 nitrogen and oxygen atoms in total. The molecule has 0 aliphatic carbocycles. The Hall–Kier alpha value is -4.10. The maximum absolute atomic E-state index is 13.7. The smallest absolute Gasteiger partial charge is 0.318 e. The summed E-state index contributed by atoms with van der Waals surface area (Å²) in [6, 6.07) is 25.3. The van der Waals surface area contributed by atoms with Gasteiger partial charge in [0.05, 0.1) is 0 Å². The van der Waals surface area contributed by atoms with Gasteiger partial charge in [-0.25, -0.2) is 4.79 Å². The van der Waals surface area contributed by atoms with E-state index >= 15 is 0 Å². The largest absolute Gasteiger partial charge is 0.361 e. The molecule has 2 heterocycles. The first kappa shape index (κ1) is 26.5. The number of carbonyl (C=O) groups excluding carboxylic acids is 2. The van der Waals surface area contributed by atoms with Crippen LogP contribution in [0.25, 0.3) is 10.9 Å². The van der Waals surface area contributed by atoms with Crippen LogP contribution in [-0.2, 0) is 11.3 Å². The highest BCUT2D eigenvalue weighted by Gasteiger charge is 2.32. The van der Waals surface area contributed by atoms with Crippen molar-refractivity contribution in [3.05, 3.63) is 102 Å². The topological polar surface area (TPSA) is 89.3 Å². The van der Waals surface area contributed by atoms with Crippen LogP contribution in [0.1, 0.15) is 48.3 Å². The Labute approximate surface area is 230 Å². The number of piperidine rings is 1. The Morgan fingerprint density at radius 1 is 0.974 bits per heavy atom. The van der Waals surface area contributed by atoms with Crippen molar-refractivity contribution in [3.8, 4) is 0 Å². The summed E-state index contributed by atoms with van der Waals surface area (Å²) in [5.41, 5.74) is 5.11. The normalized spacial score (nSPS) is 15.6. The lowest BCUT2D eigenvalue weighted by Crippen LogP contribution is -2.53. The summed E-state index contributed by atoms with van der Waals surface area (Å²) in [6.45, 7) is 4.02. The fraction of sp³-hybridized carbons (Fsp3) is 0.312. The van der Waals surface area contributed by atoms with Gasteiger partial charge < -0.3 is 25.8 Å². The molecule has 0 unspecified atom stereocenters. The maximum Gasteiger partial charge on any atom is 0.318 e. The number of benzene rings is 3. The van der Waals surface area contributed by atoms with Crippen LogP contribution in [0.15, 0.2) is 85.1 Å². The van der Waals surface area contributed by atoms with E-state index in [9.17, 15) is 9.59 Å². The van der Waals surface area contributed by atoms with E-state index in [4.69, 9.17) is 0 Å². The first-order chi connectivity index (χ1) is 19.0. The number of para-hydroxylation sites is 1. The summed E-state index contributed by atoms with van der Waals surface area (Å²) in [4.78, 5) is 32.4. The third kappa shape index (κ3) is 6.15. The zero-order valence-electron chi connectivity index (χ0n) is 22.6. The monoisotopic (exact) mass is 523 g/mol. The Bertz CT molecular complexity index is 1410. The van der Waals surface area contributed by atoms with Gasteiger partial charge >= 0.3 is 6.03 Å². The molecule has 1 aliphatic heterocycles. The third-order valence-electron chi connectivity index (χ3n) is 7.80. The van der Waals surface area contributed by atoms with Crippen LogP contribution in [0.3, 0.4) is 0 Å². The molecule has 5 rings (SSSR count). The Morgan fingerprint density at radius 3 is 2.49 bits per heavy atom. The van der Waals surface area contributed by atoms with Crippen molar-refractivity contribution < 1.29 is 9.59 Å². The van der Waals surface area contributed by atoms with Gasteiger partial charge in [0.15, 0.2) is 0 Å². The second-order valence-corrected chi connectivity index (χ2v) is 10.4. The predicted octanol–water partition coefficient (Wildman–Crippen LogP) is 5.59. The average Bonchev–Trinajstić information content (AvgIpc) is 3.41. The number of fused-ring (bicyclic) bond motifs is 1. The summed E-state index contributed by atoms with van der Waals surface area (Å²) in [6.07, 6.45) is 3.76. The highest BCUT2D eigenvalue weighted by Crippen LogP contribution is 2.30. The average molecular weight is 524 g/mol. The van der Waals surface area contributed by atoms with E-state index in [1.54, 1.807) is 0 Å². The second-order valence-electron chi connectivity index (χ2n) is 10.4. The number of anilines is 1. The molecule has 7 heteroatoms. The van der Waals surface area contributed by atoms with Crippen LogP contribution < -0.4 is 16.0 Å². The zero-order chi connectivity index (χ0) is 27.2. The van der Waals surface area contributed by atoms with Crippen LogP contribution in [0, 0.1) is 0 Å². The minimum Gasteiger partial charge on any atom is -0.361 e. The van der Waals surface area contributed by atoms with E-state index in [0.29, 0.717) is 31.2 Å². The highest BCUT2D eigenvalue weighted by atomic mass is 16.2. The second kappa shape index (κ2) is 12.2. The van der Waals surface area contributed by atoms with Gasteiger partial charge in [-0.3, -0.25) is 4.79 Å². The highest BCUT2D eigenvalue weighted by molar-refractivity contribution is 5.98. The van der Waals surface area contributed by atoms with Crippen molar-refractivity contribution in [2.45, 2.75) is 44.2 Å². The Morgan fingerprint density at radius 2 is 1.72 bits per heavy atom. The van der Waals surface area contributed by atoms with E-state index in [2.05, 4.69) is 45.2 Å². The number of nitrogens with one attached hydrogen (secondary N) is 4. The molecule has 4 aromatic rings. The van der Waals surface area contributed by atoms with Crippen molar-refractivity contribution in [2.75, 3.05) is 25.5 Å². The lowest BCUT2D eigenvalue weighted by atomic mass is 9.89. The molecule has 202 valence electrons. The van der Waals surface area contributed by atoms with Gasteiger partial charge in [0.2, 0.25) is 5.91 Å². The lowest BCUT2D eigenvalue weighted by Gasteiger charge is -2.34. The van der Waals surface area contributed by atoms with Crippen LogP contribution in [0.5, 0.6) is 0 Å². The van der Waals surface area contributed by atoms with E-state index < -0.39 is 6.04 Å². The summed E-state index contributed by atoms with van der Waals surface area (Å²) < 4.78 is 0. The fourth-order valence-corrected chi connectivity index (χ4v) is 5.62. The van der Waals surface area contributed by atoms with Crippen molar-refractivity contribution >= 4 is 28.5 Å². The van der Waals surface area contributed by atoms with Gasteiger partial charge in [-0.1, -0.05) is 67.6 Å². The molecule has 0 bridgehead atoms. The molecule has 0 spiro atoms. The molecule has 1 saturated heterocycles. The summed E-state index contributed by atoms with van der Waals surface area (Å²) >= 11 is 0. The van der Waals surface area contributed by atoms with Crippen molar-refractivity contribution in [1.29, 1.82) is 0 Å². The fourth-order valence-electron chi connectivity index (χ4n) is 5.62.